The maximum atomic E-state index is 13.2. The highest BCUT2D eigenvalue weighted by atomic mass is 35.5. The zero-order chi connectivity index (χ0) is 28.3. The zero-order valence-electron chi connectivity index (χ0n) is 24.1. The average molecular weight is 570 g/mol. The minimum atomic E-state index is -0.286. The van der Waals surface area contributed by atoms with Crippen molar-refractivity contribution < 1.29 is 19.0 Å². The zero-order valence-corrected chi connectivity index (χ0v) is 24.9. The van der Waals surface area contributed by atoms with E-state index in [2.05, 4.69) is 22.4 Å². The summed E-state index contributed by atoms with van der Waals surface area (Å²) in [6.45, 7) is 8.65. The van der Waals surface area contributed by atoms with Gasteiger partial charge in [-0.1, -0.05) is 50.4 Å². The molecule has 40 heavy (non-hydrogen) atoms. The van der Waals surface area contributed by atoms with Crippen LogP contribution in [0.2, 0.25) is 5.02 Å². The van der Waals surface area contributed by atoms with Crippen molar-refractivity contribution in [2.45, 2.75) is 58.4 Å². The maximum absolute atomic E-state index is 13.2. The number of ether oxygens (including phenoxy) is 3. The number of fused-ring (bicyclic) bond motifs is 3. The van der Waals surface area contributed by atoms with E-state index < -0.39 is 0 Å². The number of aromatic amines is 1. The monoisotopic (exact) mass is 569 g/mol. The molecule has 4 rings (SSSR count). The molecular weight excluding hydrogens is 526 g/mol. The lowest BCUT2D eigenvalue weighted by Crippen LogP contribution is -2.41. The second kappa shape index (κ2) is 15.3. The van der Waals surface area contributed by atoms with Gasteiger partial charge in [-0.05, 0) is 86.1 Å². The van der Waals surface area contributed by atoms with Crippen molar-refractivity contribution in [3.05, 3.63) is 64.3 Å². The van der Waals surface area contributed by atoms with Crippen LogP contribution < -0.4 is 10.1 Å². The Morgan fingerprint density at radius 2 is 1.82 bits per heavy atom. The van der Waals surface area contributed by atoms with E-state index in [1.54, 1.807) is 7.11 Å². The maximum Gasteiger partial charge on any atom is 0.410 e. The van der Waals surface area contributed by atoms with Crippen LogP contribution in [0.25, 0.3) is 10.9 Å². The van der Waals surface area contributed by atoms with Gasteiger partial charge in [0.1, 0.15) is 11.8 Å². The molecule has 0 saturated heterocycles. The Bertz CT molecular complexity index is 1210. The van der Waals surface area contributed by atoms with E-state index in [0.717, 1.165) is 73.3 Å². The molecule has 1 aromatic heterocycles. The smallest absolute Gasteiger partial charge is 0.410 e. The van der Waals surface area contributed by atoms with Gasteiger partial charge < -0.3 is 24.5 Å². The molecule has 1 atom stereocenters. The van der Waals surface area contributed by atoms with Crippen LogP contribution >= 0.6 is 11.6 Å². The number of benzene rings is 2. The summed E-state index contributed by atoms with van der Waals surface area (Å²) in [7, 11) is 1.74. The second-order valence-electron chi connectivity index (χ2n) is 11.0. The highest BCUT2D eigenvalue weighted by Crippen LogP contribution is 2.39. The van der Waals surface area contributed by atoms with E-state index in [0.29, 0.717) is 24.8 Å². The highest BCUT2D eigenvalue weighted by molar-refractivity contribution is 6.31. The van der Waals surface area contributed by atoms with Crippen molar-refractivity contribution in [2.75, 3.05) is 46.6 Å². The van der Waals surface area contributed by atoms with Gasteiger partial charge >= 0.3 is 6.09 Å². The van der Waals surface area contributed by atoms with Gasteiger partial charge in [-0.15, -0.1) is 0 Å². The Kier molecular flexibility index (Phi) is 11.6. The topological polar surface area (TPSA) is 75.8 Å². The summed E-state index contributed by atoms with van der Waals surface area (Å²) in [5, 5.41) is 5.28. The molecule has 1 aliphatic heterocycles. The van der Waals surface area contributed by atoms with Crippen LogP contribution in [0.3, 0.4) is 0 Å². The average Bonchev–Trinajstić information content (AvgIpc) is 3.32. The number of amides is 1. The molecule has 8 heteroatoms. The molecule has 1 unspecified atom stereocenters. The van der Waals surface area contributed by atoms with Crippen LogP contribution in [0.15, 0.2) is 42.5 Å². The van der Waals surface area contributed by atoms with Crippen LogP contribution in [0.4, 0.5) is 4.79 Å². The third-order valence-corrected chi connectivity index (χ3v) is 7.51. The Labute approximate surface area is 243 Å². The van der Waals surface area contributed by atoms with Crippen LogP contribution in [-0.4, -0.2) is 62.5 Å². The van der Waals surface area contributed by atoms with Gasteiger partial charge in [-0.3, -0.25) is 4.90 Å². The fourth-order valence-electron chi connectivity index (χ4n) is 5.23. The van der Waals surface area contributed by atoms with Crippen molar-refractivity contribution in [3.63, 3.8) is 0 Å². The molecule has 1 amide bonds. The number of methoxy groups -OCH3 is 1. The third kappa shape index (κ3) is 8.15. The lowest BCUT2D eigenvalue weighted by Gasteiger charge is -2.35. The van der Waals surface area contributed by atoms with E-state index in [4.69, 9.17) is 25.8 Å². The number of nitrogens with zero attached hydrogens (tertiary/aromatic N) is 1. The summed E-state index contributed by atoms with van der Waals surface area (Å²) in [6.07, 6.45) is 6.08. The lowest BCUT2D eigenvalue weighted by molar-refractivity contribution is 0.0797. The quantitative estimate of drug-likeness (QED) is 0.190. The fraction of sp³-hybridized carbons (Fsp3) is 0.531. The van der Waals surface area contributed by atoms with Crippen LogP contribution in [0, 0.1) is 5.92 Å². The normalized spacial score (nSPS) is 15.0. The number of halogens is 1. The number of carbonyl (C=O) groups excluding carboxylic acids is 1. The molecule has 2 aromatic carbocycles. The molecule has 0 bridgehead atoms. The molecule has 7 nitrogen and oxygen atoms in total. The Balaban J connectivity index is 1.37. The molecule has 0 fully saturated rings. The van der Waals surface area contributed by atoms with E-state index in [1.807, 2.05) is 49.1 Å². The summed E-state index contributed by atoms with van der Waals surface area (Å²) in [6, 6.07) is 13.8. The summed E-state index contributed by atoms with van der Waals surface area (Å²) in [4.78, 5) is 18.6. The molecule has 0 aliphatic carbocycles. The lowest BCUT2D eigenvalue weighted by atomic mass is 9.92. The molecule has 2 heterocycles. The first-order valence-electron chi connectivity index (χ1n) is 14.6. The Morgan fingerprint density at radius 3 is 2.60 bits per heavy atom. The molecular formula is C32H44ClN3O4. The number of unbranched alkanes of at least 4 members (excludes halogenated alkanes) is 3. The predicted octanol–water partition coefficient (Wildman–Crippen LogP) is 7.13. The SMILES string of the molecule is COCCCNCCCCCCOc1ccc(C2c3[nH]c4ccc(Cl)cc4c3CCN2C(=O)OCC(C)C)cc1. The number of rotatable bonds is 15. The van der Waals surface area contributed by atoms with Crippen molar-refractivity contribution in [2.24, 2.45) is 5.92 Å². The highest BCUT2D eigenvalue weighted by Gasteiger charge is 2.35. The van der Waals surface area contributed by atoms with Gasteiger partial charge in [0.2, 0.25) is 0 Å². The first-order valence-corrected chi connectivity index (χ1v) is 15.0. The van der Waals surface area contributed by atoms with Crippen LogP contribution in [0.1, 0.15) is 68.8 Å². The standard InChI is InChI=1S/C32H44ClN3O4/c1-23(2)22-40-32(37)36-18-15-27-28-21-25(33)11-14-29(28)35-30(27)31(36)24-9-12-26(13-10-24)39-20-7-5-4-6-16-34-17-8-19-38-3/h9-14,21,23,31,34-35H,4-8,15-20,22H2,1-3H3. The fourth-order valence-corrected chi connectivity index (χ4v) is 5.41. The van der Waals surface area contributed by atoms with E-state index in [-0.39, 0.29) is 18.1 Å². The molecule has 1 aliphatic rings. The molecule has 3 aromatic rings. The number of H-pyrrole nitrogens is 1. The number of hydrogen-bond acceptors (Lipinski definition) is 5. The summed E-state index contributed by atoms with van der Waals surface area (Å²) >= 11 is 6.32. The van der Waals surface area contributed by atoms with Crippen molar-refractivity contribution in [1.82, 2.24) is 15.2 Å². The van der Waals surface area contributed by atoms with Gasteiger partial charge in [0, 0.05) is 41.9 Å². The van der Waals surface area contributed by atoms with E-state index in [1.165, 1.54) is 18.4 Å². The largest absolute Gasteiger partial charge is 0.494 e. The predicted molar refractivity (Wildman–Crippen MR) is 162 cm³/mol. The van der Waals surface area contributed by atoms with E-state index in [9.17, 15) is 4.79 Å². The summed E-state index contributed by atoms with van der Waals surface area (Å²) < 4.78 is 16.8. The van der Waals surface area contributed by atoms with Gasteiger partial charge in [-0.2, -0.15) is 0 Å². The van der Waals surface area contributed by atoms with Gasteiger partial charge in [0.15, 0.2) is 0 Å². The molecule has 2 N–H and O–H groups in total. The number of carbonyl (C=O) groups is 1. The van der Waals surface area contributed by atoms with Gasteiger partial charge in [0.05, 0.1) is 13.2 Å². The van der Waals surface area contributed by atoms with Crippen LogP contribution in [-0.2, 0) is 15.9 Å². The van der Waals surface area contributed by atoms with Crippen molar-refractivity contribution >= 4 is 28.6 Å². The Morgan fingerprint density at radius 1 is 1.05 bits per heavy atom. The second-order valence-corrected chi connectivity index (χ2v) is 11.4. The number of hydrogen-bond donors (Lipinski definition) is 2. The molecule has 218 valence electrons. The molecule has 0 saturated carbocycles. The Hall–Kier alpha value is -2.74. The first-order chi connectivity index (χ1) is 19.5. The van der Waals surface area contributed by atoms with Gasteiger partial charge in [0.25, 0.3) is 0 Å². The third-order valence-electron chi connectivity index (χ3n) is 7.28. The van der Waals surface area contributed by atoms with Crippen molar-refractivity contribution in [1.29, 1.82) is 0 Å². The van der Waals surface area contributed by atoms with Crippen molar-refractivity contribution in [3.8, 4) is 5.75 Å². The van der Waals surface area contributed by atoms with Crippen LogP contribution in [0.5, 0.6) is 5.75 Å². The minimum absolute atomic E-state index is 0.272. The summed E-state index contributed by atoms with van der Waals surface area (Å²) in [5.41, 5.74) is 4.27. The summed E-state index contributed by atoms with van der Waals surface area (Å²) in [5.74, 6) is 1.12. The number of nitrogens with one attached hydrogen (secondary N) is 2. The van der Waals surface area contributed by atoms with E-state index >= 15 is 0 Å². The first kappa shape index (κ1) is 30.2. The number of aromatic nitrogens is 1. The molecule has 0 radical (unpaired) electrons. The molecule has 0 spiro atoms. The minimum Gasteiger partial charge on any atom is -0.494 e. The van der Waals surface area contributed by atoms with Gasteiger partial charge in [-0.25, -0.2) is 4.79 Å².